The molecule has 0 unspecified atom stereocenters. The van der Waals surface area contributed by atoms with E-state index in [1.807, 2.05) is 36.4 Å². The molecule has 0 bridgehead atoms. The Morgan fingerprint density at radius 3 is 2.75 bits per heavy atom. The number of unbranched alkanes of at least 4 members (excludes halogenated alkanes) is 1. The summed E-state index contributed by atoms with van der Waals surface area (Å²) in [7, 11) is 0. The minimum Gasteiger partial charge on any atom is -0.494 e. The zero-order valence-electron chi connectivity index (χ0n) is 11.8. The Hall–Kier alpha value is -2.09. The maximum Gasteiger partial charge on any atom is 0.185 e. The average molecular weight is 268 g/mol. The smallest absolute Gasteiger partial charge is 0.185 e. The molecule has 2 heteroatoms. The van der Waals surface area contributed by atoms with Gasteiger partial charge in [-0.25, -0.2) is 0 Å². The van der Waals surface area contributed by atoms with Gasteiger partial charge in [0.05, 0.1) is 6.61 Å². The van der Waals surface area contributed by atoms with E-state index in [4.69, 9.17) is 4.74 Å². The maximum atomic E-state index is 12.0. The van der Waals surface area contributed by atoms with Crippen LogP contribution in [0.15, 0.2) is 60.2 Å². The molecule has 0 spiro atoms. The van der Waals surface area contributed by atoms with Gasteiger partial charge >= 0.3 is 0 Å². The first kappa shape index (κ1) is 14.3. The summed E-state index contributed by atoms with van der Waals surface area (Å²) >= 11 is 0. The van der Waals surface area contributed by atoms with Crippen LogP contribution in [-0.4, -0.2) is 12.4 Å². The topological polar surface area (TPSA) is 26.3 Å². The van der Waals surface area contributed by atoms with Crippen LogP contribution < -0.4 is 4.74 Å². The molecule has 0 heterocycles. The third-order valence-corrected chi connectivity index (χ3v) is 3.13. The van der Waals surface area contributed by atoms with Crippen LogP contribution in [0.5, 0.6) is 5.75 Å². The van der Waals surface area contributed by atoms with Crippen molar-refractivity contribution in [1.82, 2.24) is 0 Å². The molecule has 0 fully saturated rings. The third kappa shape index (κ3) is 4.23. The highest BCUT2D eigenvalue weighted by molar-refractivity contribution is 6.04. The molecule has 0 amide bonds. The van der Waals surface area contributed by atoms with Crippen molar-refractivity contribution in [3.8, 4) is 5.75 Å². The number of rotatable bonds is 7. The molecule has 2 rings (SSSR count). The molecule has 20 heavy (non-hydrogen) atoms. The highest BCUT2D eigenvalue weighted by Crippen LogP contribution is 2.14. The van der Waals surface area contributed by atoms with Crippen LogP contribution in [0.1, 0.15) is 36.5 Å². The number of hydrogen-bond donors (Lipinski definition) is 0. The SMILES string of the molecule is CCCCOc1ccc(C(=O)/C=C/C2=CCC=C2)cc1. The lowest BCUT2D eigenvalue weighted by Gasteiger charge is -2.05. The van der Waals surface area contributed by atoms with Crippen LogP contribution >= 0.6 is 0 Å². The van der Waals surface area contributed by atoms with Gasteiger partial charge in [0, 0.05) is 5.56 Å². The van der Waals surface area contributed by atoms with Crippen LogP contribution in [0.25, 0.3) is 0 Å². The molecular formula is C18H20O2. The van der Waals surface area contributed by atoms with Crippen LogP contribution in [0.3, 0.4) is 0 Å². The van der Waals surface area contributed by atoms with Crippen molar-refractivity contribution >= 4 is 5.78 Å². The molecule has 2 nitrogen and oxygen atoms in total. The Bertz CT molecular complexity index is 533. The highest BCUT2D eigenvalue weighted by Gasteiger charge is 2.02. The average Bonchev–Trinajstić information content (AvgIpc) is 2.99. The second-order valence-electron chi connectivity index (χ2n) is 4.77. The van der Waals surface area contributed by atoms with Crippen molar-refractivity contribution in [2.45, 2.75) is 26.2 Å². The van der Waals surface area contributed by atoms with E-state index in [0.717, 1.165) is 37.2 Å². The molecule has 0 saturated heterocycles. The Morgan fingerprint density at radius 2 is 2.10 bits per heavy atom. The minimum atomic E-state index is 0.0197. The van der Waals surface area contributed by atoms with E-state index >= 15 is 0 Å². The monoisotopic (exact) mass is 268 g/mol. The number of hydrogen-bond acceptors (Lipinski definition) is 2. The van der Waals surface area contributed by atoms with Gasteiger partial charge < -0.3 is 4.74 Å². The Balaban J connectivity index is 1.91. The fraction of sp³-hybridized carbons (Fsp3) is 0.278. The minimum absolute atomic E-state index is 0.0197. The lowest BCUT2D eigenvalue weighted by Crippen LogP contribution is -1.98. The van der Waals surface area contributed by atoms with Crippen LogP contribution in [0.4, 0.5) is 0 Å². The molecule has 0 aliphatic heterocycles. The van der Waals surface area contributed by atoms with E-state index in [-0.39, 0.29) is 5.78 Å². The normalized spacial score (nSPS) is 13.8. The van der Waals surface area contributed by atoms with E-state index in [0.29, 0.717) is 5.56 Å². The van der Waals surface area contributed by atoms with Crippen molar-refractivity contribution in [2.75, 3.05) is 6.61 Å². The largest absolute Gasteiger partial charge is 0.494 e. The van der Waals surface area contributed by atoms with Crippen molar-refractivity contribution in [3.05, 3.63) is 65.8 Å². The molecule has 0 atom stereocenters. The first-order valence-electron chi connectivity index (χ1n) is 7.11. The van der Waals surface area contributed by atoms with E-state index in [9.17, 15) is 4.79 Å². The molecule has 0 radical (unpaired) electrons. The van der Waals surface area contributed by atoms with E-state index in [1.54, 1.807) is 6.08 Å². The van der Waals surface area contributed by atoms with Gasteiger partial charge in [-0.1, -0.05) is 37.6 Å². The van der Waals surface area contributed by atoms with Crippen LogP contribution in [0, 0.1) is 0 Å². The third-order valence-electron chi connectivity index (χ3n) is 3.13. The standard InChI is InChI=1S/C18H20O2/c1-2-3-14-20-17-11-9-16(10-12-17)18(19)13-8-15-6-4-5-7-15/h4,6-13H,2-3,5,14H2,1H3/b13-8+. The number of carbonyl (C=O) groups is 1. The number of allylic oxidation sites excluding steroid dienone is 6. The van der Waals surface area contributed by atoms with Gasteiger partial charge in [-0.15, -0.1) is 0 Å². The molecule has 0 aromatic heterocycles. The van der Waals surface area contributed by atoms with Crippen molar-refractivity contribution in [2.24, 2.45) is 0 Å². The van der Waals surface area contributed by atoms with Crippen molar-refractivity contribution < 1.29 is 9.53 Å². The van der Waals surface area contributed by atoms with Gasteiger partial charge in [0.15, 0.2) is 5.78 Å². The number of ketones is 1. The van der Waals surface area contributed by atoms with Gasteiger partial charge in [-0.3, -0.25) is 4.79 Å². The second kappa shape index (κ2) is 7.49. The first-order valence-corrected chi connectivity index (χ1v) is 7.11. The summed E-state index contributed by atoms with van der Waals surface area (Å²) in [6.45, 7) is 2.86. The van der Waals surface area contributed by atoms with E-state index < -0.39 is 0 Å². The molecule has 104 valence electrons. The Labute approximate surface area is 120 Å². The van der Waals surface area contributed by atoms with Gasteiger partial charge in [0.2, 0.25) is 0 Å². The van der Waals surface area contributed by atoms with Gasteiger partial charge in [0.25, 0.3) is 0 Å². The lowest BCUT2D eigenvalue weighted by atomic mass is 10.1. The van der Waals surface area contributed by atoms with Gasteiger partial charge in [-0.2, -0.15) is 0 Å². The molecular weight excluding hydrogens is 248 g/mol. The zero-order valence-corrected chi connectivity index (χ0v) is 11.8. The van der Waals surface area contributed by atoms with E-state index in [1.165, 1.54) is 0 Å². The molecule has 1 aromatic rings. The molecule has 1 aromatic carbocycles. The summed E-state index contributed by atoms with van der Waals surface area (Å²) < 4.78 is 5.57. The predicted octanol–water partition coefficient (Wildman–Crippen LogP) is 4.49. The molecule has 0 N–H and O–H groups in total. The molecule has 1 aliphatic carbocycles. The fourth-order valence-electron chi connectivity index (χ4n) is 1.92. The second-order valence-corrected chi connectivity index (χ2v) is 4.77. The number of ether oxygens (including phenoxy) is 1. The first-order chi connectivity index (χ1) is 9.79. The van der Waals surface area contributed by atoms with Gasteiger partial charge in [-0.05, 0) is 48.8 Å². The van der Waals surface area contributed by atoms with Crippen molar-refractivity contribution in [3.63, 3.8) is 0 Å². The van der Waals surface area contributed by atoms with Crippen LogP contribution in [-0.2, 0) is 0 Å². The summed E-state index contributed by atoms with van der Waals surface area (Å²) in [5, 5.41) is 0. The van der Waals surface area contributed by atoms with Crippen LogP contribution in [0.2, 0.25) is 0 Å². The molecule has 0 saturated carbocycles. The Kier molecular flexibility index (Phi) is 5.36. The van der Waals surface area contributed by atoms with Crippen molar-refractivity contribution in [1.29, 1.82) is 0 Å². The summed E-state index contributed by atoms with van der Waals surface area (Å²) in [6.07, 6.45) is 12.8. The number of benzene rings is 1. The lowest BCUT2D eigenvalue weighted by molar-refractivity contribution is 0.104. The summed E-state index contributed by atoms with van der Waals surface area (Å²) in [6, 6.07) is 7.33. The predicted molar refractivity (Wildman–Crippen MR) is 82.2 cm³/mol. The zero-order chi connectivity index (χ0) is 14.2. The Morgan fingerprint density at radius 1 is 1.30 bits per heavy atom. The quantitative estimate of drug-likeness (QED) is 0.414. The van der Waals surface area contributed by atoms with E-state index in [2.05, 4.69) is 19.1 Å². The summed E-state index contributed by atoms with van der Waals surface area (Å²) in [4.78, 5) is 12.0. The fourth-order valence-corrected chi connectivity index (χ4v) is 1.92. The number of carbonyl (C=O) groups excluding carboxylic acids is 1. The molecule has 1 aliphatic rings. The summed E-state index contributed by atoms with van der Waals surface area (Å²) in [5.41, 5.74) is 1.78. The maximum absolute atomic E-state index is 12.0. The highest BCUT2D eigenvalue weighted by atomic mass is 16.5. The van der Waals surface area contributed by atoms with Gasteiger partial charge in [0.1, 0.15) is 5.75 Å². The summed E-state index contributed by atoms with van der Waals surface area (Å²) in [5.74, 6) is 0.840.